The first-order chi connectivity index (χ1) is 11.6. The number of rotatable bonds is 5. The van der Waals surface area contributed by atoms with Crippen LogP contribution in [0.4, 0.5) is 0 Å². The van der Waals surface area contributed by atoms with E-state index in [9.17, 15) is 4.79 Å². The Balaban J connectivity index is 1.67. The van der Waals surface area contributed by atoms with E-state index in [1.54, 1.807) is 13.1 Å². The molecule has 1 saturated heterocycles. The zero-order valence-corrected chi connectivity index (χ0v) is 14.4. The predicted octanol–water partition coefficient (Wildman–Crippen LogP) is 0.647. The van der Waals surface area contributed by atoms with E-state index in [2.05, 4.69) is 44.7 Å². The van der Waals surface area contributed by atoms with Gasteiger partial charge in [-0.3, -0.25) is 14.4 Å². The third kappa shape index (κ3) is 3.45. The molecule has 24 heavy (non-hydrogen) atoms. The Labute approximate surface area is 141 Å². The minimum absolute atomic E-state index is 0.155. The molecule has 0 bridgehead atoms. The lowest BCUT2D eigenvalue weighted by molar-refractivity contribution is 0.0955. The number of carbonyl (C=O) groups excluding carboxylic acids is 1. The molecule has 1 fully saturated rings. The van der Waals surface area contributed by atoms with Crippen molar-refractivity contribution in [3.8, 4) is 0 Å². The van der Waals surface area contributed by atoms with Gasteiger partial charge < -0.3 is 5.32 Å². The maximum atomic E-state index is 11.7. The van der Waals surface area contributed by atoms with Gasteiger partial charge >= 0.3 is 0 Å². The topological polar surface area (TPSA) is 93.8 Å². The van der Waals surface area contributed by atoms with Crippen molar-refractivity contribution in [2.75, 3.05) is 20.1 Å². The van der Waals surface area contributed by atoms with Crippen LogP contribution in [0, 0.1) is 0 Å². The lowest BCUT2D eigenvalue weighted by atomic mass is 10.1. The second-order valence-electron chi connectivity index (χ2n) is 6.42. The molecule has 1 atom stereocenters. The van der Waals surface area contributed by atoms with E-state index in [0.29, 0.717) is 5.69 Å². The van der Waals surface area contributed by atoms with Crippen LogP contribution in [-0.4, -0.2) is 60.9 Å². The highest BCUT2D eigenvalue weighted by molar-refractivity contribution is 5.91. The molecule has 9 nitrogen and oxygen atoms in total. The van der Waals surface area contributed by atoms with Gasteiger partial charge in [0.1, 0.15) is 5.69 Å². The molecule has 0 saturated carbocycles. The fraction of sp³-hybridized carbons (Fsp3) is 0.667. The Morgan fingerprint density at radius 2 is 2.29 bits per heavy atom. The average molecular weight is 332 g/mol. The molecule has 2 aromatic heterocycles. The highest BCUT2D eigenvalue weighted by Gasteiger charge is 2.24. The molecule has 0 unspecified atom stereocenters. The van der Waals surface area contributed by atoms with Crippen LogP contribution in [0.15, 0.2) is 12.3 Å². The SMILES string of the molecule is CNC(=O)c1ccn([C@@H]2CCCN(Cc3nnnn3C(C)C)C2)n1. The quantitative estimate of drug-likeness (QED) is 0.864. The second kappa shape index (κ2) is 7.08. The van der Waals surface area contributed by atoms with Crippen molar-refractivity contribution in [3.63, 3.8) is 0 Å². The molecule has 3 rings (SSSR count). The standard InChI is InChI=1S/C15H24N8O/c1-11(2)23-14(17-19-20-23)10-21-7-4-5-12(9-21)22-8-6-13(18-22)15(24)16-3/h6,8,11-12H,4-5,7,9-10H2,1-3H3,(H,16,24)/t12-/m1/s1. The van der Waals surface area contributed by atoms with Crippen LogP contribution < -0.4 is 5.32 Å². The Kier molecular flexibility index (Phi) is 4.89. The number of amides is 1. The number of hydrogen-bond donors (Lipinski definition) is 1. The molecule has 2 aromatic rings. The van der Waals surface area contributed by atoms with Crippen molar-refractivity contribution in [2.45, 2.75) is 45.3 Å². The number of tetrazole rings is 1. The van der Waals surface area contributed by atoms with Crippen LogP contribution in [0.2, 0.25) is 0 Å². The van der Waals surface area contributed by atoms with Crippen molar-refractivity contribution in [1.82, 2.24) is 40.2 Å². The normalized spacial score (nSPS) is 18.9. The van der Waals surface area contributed by atoms with Gasteiger partial charge in [-0.15, -0.1) is 5.10 Å². The first-order valence-electron chi connectivity index (χ1n) is 8.34. The van der Waals surface area contributed by atoms with Crippen LogP contribution >= 0.6 is 0 Å². The summed E-state index contributed by atoms with van der Waals surface area (Å²) in [5.41, 5.74) is 0.457. The minimum Gasteiger partial charge on any atom is -0.354 e. The van der Waals surface area contributed by atoms with Gasteiger partial charge in [0.25, 0.3) is 5.91 Å². The van der Waals surface area contributed by atoms with Crippen LogP contribution in [0.3, 0.4) is 0 Å². The molecule has 1 amide bonds. The summed E-state index contributed by atoms with van der Waals surface area (Å²) >= 11 is 0. The van der Waals surface area contributed by atoms with Crippen molar-refractivity contribution in [2.24, 2.45) is 0 Å². The monoisotopic (exact) mass is 332 g/mol. The molecular formula is C15H24N8O. The summed E-state index contributed by atoms with van der Waals surface area (Å²) in [5.74, 6) is 0.731. The van der Waals surface area contributed by atoms with Crippen molar-refractivity contribution in [1.29, 1.82) is 0 Å². The van der Waals surface area contributed by atoms with Gasteiger partial charge in [0.2, 0.25) is 0 Å². The fourth-order valence-electron chi connectivity index (χ4n) is 3.10. The number of nitrogens with one attached hydrogen (secondary N) is 1. The van der Waals surface area contributed by atoms with Crippen molar-refractivity contribution < 1.29 is 4.79 Å². The molecule has 9 heteroatoms. The third-order valence-corrected chi connectivity index (χ3v) is 4.34. The molecule has 130 valence electrons. The number of hydrogen-bond acceptors (Lipinski definition) is 6. The molecule has 1 aliphatic rings. The number of carbonyl (C=O) groups is 1. The predicted molar refractivity (Wildman–Crippen MR) is 87.4 cm³/mol. The van der Waals surface area contributed by atoms with Crippen LogP contribution in [-0.2, 0) is 6.54 Å². The van der Waals surface area contributed by atoms with E-state index in [-0.39, 0.29) is 18.0 Å². The number of likely N-dealkylation sites (tertiary alicyclic amines) is 1. The van der Waals surface area contributed by atoms with Gasteiger partial charge in [-0.25, -0.2) is 4.68 Å². The van der Waals surface area contributed by atoms with Gasteiger partial charge in [0, 0.05) is 19.8 Å². The zero-order chi connectivity index (χ0) is 17.1. The fourth-order valence-corrected chi connectivity index (χ4v) is 3.10. The average Bonchev–Trinajstić information content (AvgIpc) is 3.23. The summed E-state index contributed by atoms with van der Waals surface area (Å²) in [6, 6.07) is 2.27. The van der Waals surface area contributed by atoms with E-state index < -0.39 is 0 Å². The van der Waals surface area contributed by atoms with E-state index in [1.807, 2.05) is 15.6 Å². The summed E-state index contributed by atoms with van der Waals surface area (Å²) in [4.78, 5) is 14.0. The van der Waals surface area contributed by atoms with Gasteiger partial charge in [0.05, 0.1) is 18.6 Å². The number of aromatic nitrogens is 6. The molecule has 1 aliphatic heterocycles. The zero-order valence-electron chi connectivity index (χ0n) is 14.4. The smallest absolute Gasteiger partial charge is 0.271 e. The maximum absolute atomic E-state index is 11.7. The largest absolute Gasteiger partial charge is 0.354 e. The van der Waals surface area contributed by atoms with E-state index in [0.717, 1.165) is 38.3 Å². The lowest BCUT2D eigenvalue weighted by Gasteiger charge is -2.32. The van der Waals surface area contributed by atoms with Crippen LogP contribution in [0.25, 0.3) is 0 Å². The Morgan fingerprint density at radius 3 is 3.04 bits per heavy atom. The van der Waals surface area contributed by atoms with Crippen LogP contribution in [0.1, 0.15) is 55.1 Å². The Morgan fingerprint density at radius 1 is 1.46 bits per heavy atom. The van der Waals surface area contributed by atoms with Gasteiger partial charge in [-0.05, 0) is 49.7 Å². The number of nitrogens with zero attached hydrogens (tertiary/aromatic N) is 7. The van der Waals surface area contributed by atoms with E-state index >= 15 is 0 Å². The highest BCUT2D eigenvalue weighted by atomic mass is 16.1. The lowest BCUT2D eigenvalue weighted by Crippen LogP contribution is -2.37. The minimum atomic E-state index is -0.155. The van der Waals surface area contributed by atoms with Gasteiger partial charge in [0.15, 0.2) is 5.82 Å². The molecule has 0 aliphatic carbocycles. The molecule has 0 aromatic carbocycles. The molecule has 3 heterocycles. The van der Waals surface area contributed by atoms with Crippen molar-refractivity contribution >= 4 is 5.91 Å². The number of piperidine rings is 1. The summed E-state index contributed by atoms with van der Waals surface area (Å²) in [5, 5.41) is 19.0. The van der Waals surface area contributed by atoms with E-state index in [4.69, 9.17) is 0 Å². The Bertz CT molecular complexity index is 691. The summed E-state index contributed by atoms with van der Waals surface area (Å²) < 4.78 is 3.77. The second-order valence-corrected chi connectivity index (χ2v) is 6.42. The summed E-state index contributed by atoms with van der Waals surface area (Å²) in [6.45, 7) is 6.77. The molecule has 0 spiro atoms. The summed E-state index contributed by atoms with van der Waals surface area (Å²) in [7, 11) is 1.61. The van der Waals surface area contributed by atoms with Crippen LogP contribution in [0.5, 0.6) is 0 Å². The molecule has 0 radical (unpaired) electrons. The third-order valence-electron chi connectivity index (χ3n) is 4.34. The van der Waals surface area contributed by atoms with Crippen molar-refractivity contribution in [3.05, 3.63) is 23.8 Å². The Hall–Kier alpha value is -2.29. The van der Waals surface area contributed by atoms with Gasteiger partial charge in [-0.1, -0.05) is 0 Å². The van der Waals surface area contributed by atoms with E-state index in [1.165, 1.54) is 0 Å². The summed E-state index contributed by atoms with van der Waals surface area (Å²) in [6.07, 6.45) is 4.03. The first kappa shape index (κ1) is 16.6. The highest BCUT2D eigenvalue weighted by Crippen LogP contribution is 2.22. The maximum Gasteiger partial charge on any atom is 0.271 e. The van der Waals surface area contributed by atoms with Gasteiger partial charge in [-0.2, -0.15) is 5.10 Å². The molecule has 1 N–H and O–H groups in total. The molecular weight excluding hydrogens is 308 g/mol. The first-order valence-corrected chi connectivity index (χ1v) is 8.34.